The summed E-state index contributed by atoms with van der Waals surface area (Å²) >= 11 is 0. The number of amides is 4. The van der Waals surface area contributed by atoms with Crippen molar-refractivity contribution in [2.24, 2.45) is 5.92 Å². The topological polar surface area (TPSA) is 98.8 Å². The van der Waals surface area contributed by atoms with E-state index in [1.165, 1.54) is 0 Å². The Labute approximate surface area is 181 Å². The summed E-state index contributed by atoms with van der Waals surface area (Å²) in [6, 6.07) is 6.53. The van der Waals surface area contributed by atoms with E-state index >= 15 is 0 Å². The summed E-state index contributed by atoms with van der Waals surface area (Å²) in [5, 5.41) is 6.18. The molecule has 8 nitrogen and oxygen atoms in total. The van der Waals surface area contributed by atoms with Gasteiger partial charge in [0.25, 0.3) is 11.8 Å². The van der Waals surface area contributed by atoms with Crippen LogP contribution in [-0.2, 0) is 9.59 Å². The van der Waals surface area contributed by atoms with Crippen LogP contribution in [0.2, 0.25) is 0 Å². The second kappa shape index (κ2) is 9.57. The Hall–Kier alpha value is -2.45. The smallest absolute Gasteiger partial charge is 0.262 e. The van der Waals surface area contributed by atoms with Crippen LogP contribution in [0.5, 0.6) is 0 Å². The molecule has 2 atom stereocenters. The maximum Gasteiger partial charge on any atom is 0.262 e. The van der Waals surface area contributed by atoms with Crippen LogP contribution in [0, 0.1) is 5.92 Å². The predicted molar refractivity (Wildman–Crippen MR) is 112 cm³/mol. The fourth-order valence-corrected chi connectivity index (χ4v) is 4.35. The molecule has 162 valence electrons. The van der Waals surface area contributed by atoms with Gasteiger partial charge in [-0.05, 0) is 50.3 Å². The van der Waals surface area contributed by atoms with Crippen LogP contribution in [-0.4, -0.2) is 72.2 Å². The molecule has 0 saturated carbocycles. The number of carbonyl (C=O) groups excluding carboxylic acids is 4. The van der Waals surface area contributed by atoms with Crippen molar-refractivity contribution in [1.29, 1.82) is 0 Å². The number of hydrogen-bond donors (Lipinski definition) is 2. The molecule has 4 rings (SSSR count). The molecule has 0 aromatic heterocycles. The first-order chi connectivity index (χ1) is 14.0. The van der Waals surface area contributed by atoms with E-state index in [1.807, 2.05) is 0 Å². The van der Waals surface area contributed by atoms with E-state index in [9.17, 15) is 19.2 Å². The zero-order valence-electron chi connectivity index (χ0n) is 16.8. The maximum atomic E-state index is 12.8. The lowest BCUT2D eigenvalue weighted by Gasteiger charge is -2.33. The molecular formula is C21H27ClN4O4. The van der Waals surface area contributed by atoms with Gasteiger partial charge < -0.3 is 15.5 Å². The normalized spacial score (nSPS) is 23.2. The van der Waals surface area contributed by atoms with Crippen molar-refractivity contribution >= 4 is 36.0 Å². The third kappa shape index (κ3) is 4.49. The van der Waals surface area contributed by atoms with Crippen LogP contribution in [0.25, 0.3) is 0 Å². The summed E-state index contributed by atoms with van der Waals surface area (Å²) < 4.78 is 0. The zero-order valence-corrected chi connectivity index (χ0v) is 17.6. The Balaban J connectivity index is 0.00000256. The highest BCUT2D eigenvalue weighted by Gasteiger charge is 2.37. The van der Waals surface area contributed by atoms with Crippen molar-refractivity contribution in [2.45, 2.75) is 31.7 Å². The van der Waals surface area contributed by atoms with Gasteiger partial charge >= 0.3 is 0 Å². The summed E-state index contributed by atoms with van der Waals surface area (Å²) in [5.41, 5.74) is 0.704. The maximum absolute atomic E-state index is 12.8. The minimum Gasteiger partial charge on any atom is -0.354 e. The molecule has 3 aliphatic heterocycles. The molecule has 2 unspecified atom stereocenters. The second-order valence-corrected chi connectivity index (χ2v) is 7.98. The van der Waals surface area contributed by atoms with Crippen LogP contribution in [0.15, 0.2) is 24.3 Å². The van der Waals surface area contributed by atoms with Crippen molar-refractivity contribution in [1.82, 2.24) is 20.4 Å². The van der Waals surface area contributed by atoms with Crippen LogP contribution >= 0.6 is 12.4 Å². The zero-order chi connectivity index (χ0) is 20.4. The van der Waals surface area contributed by atoms with E-state index in [0.29, 0.717) is 30.8 Å². The van der Waals surface area contributed by atoms with Crippen molar-refractivity contribution in [2.75, 3.05) is 32.7 Å². The van der Waals surface area contributed by atoms with E-state index < -0.39 is 11.8 Å². The van der Waals surface area contributed by atoms with Gasteiger partial charge in [-0.1, -0.05) is 12.1 Å². The van der Waals surface area contributed by atoms with Gasteiger partial charge in [0.15, 0.2) is 0 Å². The second-order valence-electron chi connectivity index (χ2n) is 7.98. The largest absolute Gasteiger partial charge is 0.354 e. The van der Waals surface area contributed by atoms with E-state index in [1.54, 1.807) is 29.2 Å². The number of likely N-dealkylation sites (tertiary alicyclic amines) is 1. The first kappa shape index (κ1) is 22.2. The van der Waals surface area contributed by atoms with E-state index in [-0.39, 0.29) is 42.7 Å². The number of nitrogens with one attached hydrogen (secondary N) is 2. The van der Waals surface area contributed by atoms with Crippen molar-refractivity contribution in [3.05, 3.63) is 35.4 Å². The van der Waals surface area contributed by atoms with E-state index in [4.69, 9.17) is 0 Å². The molecule has 4 amide bonds. The van der Waals surface area contributed by atoms with Crippen molar-refractivity contribution in [3.8, 4) is 0 Å². The lowest BCUT2D eigenvalue weighted by Crippen LogP contribution is -2.49. The molecule has 0 spiro atoms. The Morgan fingerprint density at radius 1 is 1.07 bits per heavy atom. The lowest BCUT2D eigenvalue weighted by molar-refractivity contribution is -0.133. The minimum atomic E-state index is -0.413. The summed E-state index contributed by atoms with van der Waals surface area (Å²) in [6.07, 6.45) is 3.66. The summed E-state index contributed by atoms with van der Waals surface area (Å²) in [5.74, 6) is -0.849. The highest BCUT2D eigenvalue weighted by atomic mass is 35.5. The van der Waals surface area contributed by atoms with Crippen molar-refractivity contribution in [3.63, 3.8) is 0 Å². The molecule has 0 bridgehead atoms. The van der Waals surface area contributed by atoms with Gasteiger partial charge in [-0.2, -0.15) is 0 Å². The van der Waals surface area contributed by atoms with Gasteiger partial charge in [-0.25, -0.2) is 0 Å². The predicted octanol–water partition coefficient (Wildman–Crippen LogP) is 0.811. The standard InChI is InChI=1S/C21H26N4O4.ClH/c26-18(13-25-20(28)15-6-1-2-7-16(15)21(25)29)24-10-4-5-14(12-24)11-23-19(27)17-8-3-9-22-17;/h1-2,6-7,14,17,22H,3-5,8-13H2,(H,23,27);1H. The number of imide groups is 1. The number of nitrogens with zero attached hydrogens (tertiary/aromatic N) is 2. The first-order valence-corrected chi connectivity index (χ1v) is 10.3. The third-order valence-electron chi connectivity index (χ3n) is 5.99. The molecule has 3 aliphatic rings. The monoisotopic (exact) mass is 434 g/mol. The van der Waals surface area contributed by atoms with Crippen LogP contribution in [0.1, 0.15) is 46.4 Å². The Morgan fingerprint density at radius 2 is 1.77 bits per heavy atom. The van der Waals surface area contributed by atoms with E-state index in [2.05, 4.69) is 10.6 Å². The Kier molecular flexibility index (Phi) is 7.10. The fraction of sp³-hybridized carbons (Fsp3) is 0.524. The van der Waals surface area contributed by atoms with Gasteiger partial charge in [-0.15, -0.1) is 12.4 Å². The molecule has 2 saturated heterocycles. The highest BCUT2D eigenvalue weighted by Crippen LogP contribution is 2.23. The van der Waals surface area contributed by atoms with Gasteiger partial charge in [0.2, 0.25) is 11.8 Å². The molecule has 3 heterocycles. The molecule has 2 fully saturated rings. The number of carbonyl (C=O) groups is 4. The highest BCUT2D eigenvalue weighted by molar-refractivity contribution is 6.22. The number of fused-ring (bicyclic) bond motifs is 1. The number of halogens is 1. The van der Waals surface area contributed by atoms with Gasteiger partial charge in [0.1, 0.15) is 6.54 Å². The average Bonchev–Trinajstić information content (AvgIpc) is 3.36. The molecular weight excluding hydrogens is 408 g/mol. The quantitative estimate of drug-likeness (QED) is 0.668. The van der Waals surface area contributed by atoms with Gasteiger partial charge in [0, 0.05) is 19.6 Å². The lowest BCUT2D eigenvalue weighted by atomic mass is 9.97. The molecule has 2 N–H and O–H groups in total. The number of benzene rings is 1. The van der Waals surface area contributed by atoms with Crippen LogP contribution in [0.3, 0.4) is 0 Å². The first-order valence-electron chi connectivity index (χ1n) is 10.3. The number of piperidine rings is 1. The van der Waals surface area contributed by atoms with Crippen LogP contribution in [0.4, 0.5) is 0 Å². The Bertz CT molecular complexity index is 805. The summed E-state index contributed by atoms with van der Waals surface area (Å²) in [6.45, 7) is 2.31. The van der Waals surface area contributed by atoms with Crippen molar-refractivity contribution < 1.29 is 19.2 Å². The molecule has 1 aromatic carbocycles. The summed E-state index contributed by atoms with van der Waals surface area (Å²) in [7, 11) is 0. The van der Waals surface area contributed by atoms with Crippen LogP contribution < -0.4 is 10.6 Å². The average molecular weight is 435 g/mol. The van der Waals surface area contributed by atoms with Gasteiger partial charge in [0.05, 0.1) is 17.2 Å². The van der Waals surface area contributed by atoms with E-state index in [0.717, 1.165) is 37.1 Å². The van der Waals surface area contributed by atoms with Gasteiger partial charge in [-0.3, -0.25) is 24.1 Å². The molecule has 0 aliphatic carbocycles. The molecule has 30 heavy (non-hydrogen) atoms. The molecule has 9 heteroatoms. The minimum absolute atomic E-state index is 0. The number of hydrogen-bond acceptors (Lipinski definition) is 5. The molecule has 1 aromatic rings. The SMILES string of the molecule is Cl.O=C(NCC1CCCN(C(=O)CN2C(=O)c3ccccc3C2=O)C1)C1CCCN1. The third-order valence-corrected chi connectivity index (χ3v) is 5.99. The summed E-state index contributed by atoms with van der Waals surface area (Å²) in [4.78, 5) is 52.6. The molecule has 0 radical (unpaired) electrons. The fourth-order valence-electron chi connectivity index (χ4n) is 4.35. The Morgan fingerprint density at radius 3 is 2.40 bits per heavy atom. The number of rotatable bonds is 5.